The molecule has 1 spiro atoms. The number of anilines is 3. The minimum Gasteiger partial charge on any atom is -0.494 e. The van der Waals surface area contributed by atoms with Crippen molar-refractivity contribution in [3.8, 4) is 28.1 Å². The first-order chi connectivity index (χ1) is 23.4. The lowest BCUT2D eigenvalue weighted by atomic mass is 9.98. The molecule has 2 fully saturated rings. The van der Waals surface area contributed by atoms with Crippen LogP contribution in [0.5, 0.6) is 5.75 Å². The van der Waals surface area contributed by atoms with Crippen molar-refractivity contribution in [2.45, 2.75) is 52.2 Å². The van der Waals surface area contributed by atoms with Crippen molar-refractivity contribution in [2.75, 3.05) is 29.9 Å². The van der Waals surface area contributed by atoms with E-state index in [1.807, 2.05) is 33.8 Å². The minimum absolute atomic E-state index is 0.0914. The number of nitrogens with zero attached hydrogens (tertiary/aromatic N) is 6. The summed E-state index contributed by atoms with van der Waals surface area (Å²) < 4.78 is 44.1. The molecule has 3 aromatic heterocycles. The molecule has 2 aliphatic rings. The molecule has 2 N–H and O–H groups in total. The van der Waals surface area contributed by atoms with Gasteiger partial charge in [-0.1, -0.05) is 6.07 Å². The van der Waals surface area contributed by atoms with E-state index < -0.39 is 23.3 Å². The number of fused-ring (bicyclic) bond motifs is 1. The Hall–Kier alpha value is -5.33. The Kier molecular flexibility index (Phi) is 8.08. The molecular weight excluding hydrogens is 630 g/mol. The highest BCUT2D eigenvalue weighted by atomic mass is 19.1. The van der Waals surface area contributed by atoms with Gasteiger partial charge >= 0.3 is 6.09 Å². The molecule has 1 atom stereocenters. The first kappa shape index (κ1) is 32.2. The number of benzene rings is 2. The number of pyridine rings is 1. The Morgan fingerprint density at radius 1 is 1.04 bits per heavy atom. The predicted octanol–water partition coefficient (Wildman–Crippen LogP) is 7.01. The second-order valence-electron chi connectivity index (χ2n) is 13.7. The van der Waals surface area contributed by atoms with Gasteiger partial charge in [-0.3, -0.25) is 9.67 Å². The summed E-state index contributed by atoms with van der Waals surface area (Å²) in [5.41, 5.74) is 2.69. The first-order valence-electron chi connectivity index (χ1n) is 16.3. The van der Waals surface area contributed by atoms with E-state index in [1.54, 1.807) is 54.6 Å². The molecule has 1 saturated heterocycles. The number of rotatable bonds is 8. The van der Waals surface area contributed by atoms with Gasteiger partial charge in [-0.15, -0.1) is 0 Å². The first-order valence-corrected chi connectivity index (χ1v) is 16.3. The molecule has 0 unspecified atom stereocenters. The van der Waals surface area contributed by atoms with Crippen LogP contribution >= 0.6 is 0 Å². The molecule has 254 valence electrons. The largest absolute Gasteiger partial charge is 0.494 e. The molecule has 1 aliphatic heterocycles. The molecule has 2 aromatic carbocycles. The van der Waals surface area contributed by atoms with E-state index in [0.717, 1.165) is 24.7 Å². The summed E-state index contributed by atoms with van der Waals surface area (Å²) in [7, 11) is 1.79. The van der Waals surface area contributed by atoms with Gasteiger partial charge in [0, 0.05) is 60.0 Å². The molecule has 1 amide bonds. The van der Waals surface area contributed by atoms with Crippen molar-refractivity contribution in [1.82, 2.24) is 30.0 Å². The minimum atomic E-state index is -0.642. The van der Waals surface area contributed by atoms with Crippen molar-refractivity contribution in [1.29, 1.82) is 0 Å². The summed E-state index contributed by atoms with van der Waals surface area (Å²) in [5.74, 6) is -0.298. The number of nitrogens with one attached hydrogen (secondary N) is 2. The van der Waals surface area contributed by atoms with E-state index in [1.165, 1.54) is 6.07 Å². The molecule has 49 heavy (non-hydrogen) atoms. The van der Waals surface area contributed by atoms with Crippen molar-refractivity contribution in [3.63, 3.8) is 0 Å². The molecule has 4 heterocycles. The summed E-state index contributed by atoms with van der Waals surface area (Å²) in [6.07, 6.45) is 7.56. The van der Waals surface area contributed by atoms with Crippen LogP contribution in [0.1, 0.15) is 40.5 Å². The van der Waals surface area contributed by atoms with Crippen molar-refractivity contribution in [3.05, 3.63) is 72.8 Å². The number of hydrogen-bond acceptors (Lipinski definition) is 9. The SMILES string of the molecule is CCOc1ccc(F)c(-c2cnc3ccc(-c4nc(Nc5cnn(C)c5)ncc4F)cc3c2N2C[C@@H](NC(=O)OC(C)(C)C)C3(CC3)C2)c1. The normalized spacial score (nSPS) is 16.6. The van der Waals surface area contributed by atoms with E-state index in [2.05, 4.69) is 30.6 Å². The van der Waals surface area contributed by atoms with Gasteiger partial charge in [0.2, 0.25) is 5.95 Å². The van der Waals surface area contributed by atoms with E-state index in [9.17, 15) is 4.79 Å². The van der Waals surface area contributed by atoms with Crippen molar-refractivity contribution in [2.24, 2.45) is 12.5 Å². The van der Waals surface area contributed by atoms with E-state index >= 15 is 8.78 Å². The van der Waals surface area contributed by atoms with Crippen LogP contribution < -0.4 is 20.3 Å². The lowest BCUT2D eigenvalue weighted by Gasteiger charge is -2.25. The lowest BCUT2D eigenvalue weighted by Crippen LogP contribution is -2.44. The highest BCUT2D eigenvalue weighted by Crippen LogP contribution is 2.55. The third kappa shape index (κ3) is 6.57. The van der Waals surface area contributed by atoms with E-state index in [-0.39, 0.29) is 23.1 Å². The van der Waals surface area contributed by atoms with Gasteiger partial charge in [0.05, 0.1) is 41.9 Å². The number of hydrogen-bond donors (Lipinski definition) is 2. The second kappa shape index (κ2) is 12.3. The van der Waals surface area contributed by atoms with Crippen LogP contribution in [0.15, 0.2) is 61.2 Å². The lowest BCUT2D eigenvalue weighted by molar-refractivity contribution is 0.0493. The maximum Gasteiger partial charge on any atom is 0.407 e. The van der Waals surface area contributed by atoms with Crippen LogP contribution in [-0.4, -0.2) is 62.2 Å². The fourth-order valence-electron chi connectivity index (χ4n) is 6.53. The van der Waals surface area contributed by atoms with Gasteiger partial charge in [0.1, 0.15) is 22.9 Å². The fraction of sp³-hybridized carbons (Fsp3) is 0.361. The van der Waals surface area contributed by atoms with Crippen molar-refractivity contribution >= 4 is 34.3 Å². The van der Waals surface area contributed by atoms with Crippen LogP contribution in [0.25, 0.3) is 33.3 Å². The van der Waals surface area contributed by atoms with Crippen LogP contribution in [0.4, 0.5) is 30.9 Å². The second-order valence-corrected chi connectivity index (χ2v) is 13.7. The molecule has 0 radical (unpaired) electrons. The van der Waals surface area contributed by atoms with Gasteiger partial charge in [0.25, 0.3) is 0 Å². The van der Waals surface area contributed by atoms with Gasteiger partial charge in [-0.25, -0.2) is 23.5 Å². The highest BCUT2D eigenvalue weighted by Gasteiger charge is 2.56. The predicted molar refractivity (Wildman–Crippen MR) is 183 cm³/mol. The van der Waals surface area contributed by atoms with E-state index in [4.69, 9.17) is 14.5 Å². The number of amides is 1. The van der Waals surface area contributed by atoms with Gasteiger partial charge in [-0.05, 0) is 70.9 Å². The smallest absolute Gasteiger partial charge is 0.407 e. The van der Waals surface area contributed by atoms with Crippen LogP contribution in [0.2, 0.25) is 0 Å². The molecule has 5 aromatic rings. The van der Waals surface area contributed by atoms with Crippen LogP contribution in [-0.2, 0) is 11.8 Å². The van der Waals surface area contributed by atoms with Gasteiger partial charge in [0.15, 0.2) is 5.82 Å². The molecule has 7 rings (SSSR count). The number of carbonyl (C=O) groups excluding carboxylic acids is 1. The van der Waals surface area contributed by atoms with Crippen LogP contribution in [0.3, 0.4) is 0 Å². The summed E-state index contributed by atoms with van der Waals surface area (Å²) in [6.45, 7) is 8.87. The zero-order valence-corrected chi connectivity index (χ0v) is 28.1. The average Bonchev–Trinajstić information content (AvgIpc) is 3.59. The summed E-state index contributed by atoms with van der Waals surface area (Å²) in [4.78, 5) is 28.4. The molecule has 11 nitrogen and oxygen atoms in total. The summed E-state index contributed by atoms with van der Waals surface area (Å²) in [6, 6.07) is 9.86. The molecule has 0 bridgehead atoms. The van der Waals surface area contributed by atoms with Crippen LogP contribution in [0, 0.1) is 17.0 Å². The molecular formula is C36H38F2N8O3. The third-order valence-electron chi connectivity index (χ3n) is 8.90. The summed E-state index contributed by atoms with van der Waals surface area (Å²) in [5, 5.41) is 11.0. The Bertz CT molecular complexity index is 2060. The maximum atomic E-state index is 15.7. The summed E-state index contributed by atoms with van der Waals surface area (Å²) >= 11 is 0. The molecule has 13 heteroatoms. The number of aryl methyl sites for hydroxylation is 1. The van der Waals surface area contributed by atoms with Gasteiger partial charge < -0.3 is 25.0 Å². The molecule has 1 aliphatic carbocycles. The molecule has 1 saturated carbocycles. The number of alkyl carbamates (subject to hydrolysis) is 1. The number of halogens is 2. The number of carbonyl (C=O) groups is 1. The third-order valence-corrected chi connectivity index (χ3v) is 8.90. The van der Waals surface area contributed by atoms with Gasteiger partial charge in [-0.2, -0.15) is 5.10 Å². The Morgan fingerprint density at radius 2 is 1.86 bits per heavy atom. The maximum absolute atomic E-state index is 15.7. The zero-order valence-electron chi connectivity index (χ0n) is 28.1. The average molecular weight is 669 g/mol. The quantitative estimate of drug-likeness (QED) is 0.180. The van der Waals surface area contributed by atoms with E-state index in [0.29, 0.717) is 58.7 Å². The Labute approximate surface area is 282 Å². The fourth-order valence-corrected chi connectivity index (χ4v) is 6.53. The number of ether oxygens (including phenoxy) is 2. The Balaban J connectivity index is 1.34. The zero-order chi connectivity index (χ0) is 34.5. The number of aromatic nitrogens is 5. The standard InChI is InChI=1S/C36H38F2N8O3/c1-6-48-23-8-9-27(37)24(14-23)26-16-39-29-10-7-21(31-28(38)17-40-33(44-31)42-22-15-41-45(5)18-22)13-25(29)32(26)46-19-30(36(20-46)11-12-36)43-34(47)49-35(2,3)4/h7-10,13-18,30H,6,11-12,19-20H2,1-5H3,(H,43,47)(H,40,42,44)/t30-/m1/s1. The Morgan fingerprint density at radius 3 is 2.57 bits per heavy atom. The highest BCUT2D eigenvalue weighted by molar-refractivity contribution is 6.02. The monoisotopic (exact) mass is 668 g/mol. The topological polar surface area (TPSA) is 119 Å². The van der Waals surface area contributed by atoms with Crippen molar-refractivity contribution < 1.29 is 23.0 Å².